The quantitative estimate of drug-likeness (QED) is 0.516. The number of hydrogen-bond donors (Lipinski definition) is 2. The fourth-order valence-corrected chi connectivity index (χ4v) is 3.04. The topological polar surface area (TPSA) is 50.4 Å². The zero-order chi connectivity index (χ0) is 19.6. The van der Waals surface area contributed by atoms with Crippen molar-refractivity contribution in [1.82, 2.24) is 10.6 Å². The Hall–Kier alpha value is -2.98. The minimum absolute atomic E-state index is 0.207. The van der Waals surface area contributed by atoms with Gasteiger partial charge in [-0.2, -0.15) is 0 Å². The zero-order valence-corrected chi connectivity index (χ0v) is 16.2. The van der Waals surface area contributed by atoms with Crippen LogP contribution in [0.1, 0.15) is 23.6 Å². The van der Waals surface area contributed by atoms with E-state index in [-0.39, 0.29) is 12.1 Å². The number of benzene rings is 3. The molecule has 2 N–H and O–H groups in total. The minimum atomic E-state index is -0.213. The van der Waals surface area contributed by atoms with Crippen LogP contribution in [0, 0.1) is 0 Å². The maximum absolute atomic E-state index is 12.4. The molecule has 0 heterocycles. The summed E-state index contributed by atoms with van der Waals surface area (Å²) < 4.78 is 5.63. The lowest BCUT2D eigenvalue weighted by Crippen LogP contribution is -2.39. The number of rotatable bonds is 8. The average molecular weight is 395 g/mol. The molecule has 0 aliphatic carbocycles. The summed E-state index contributed by atoms with van der Waals surface area (Å²) in [5.41, 5.74) is 2.07. The van der Waals surface area contributed by atoms with Gasteiger partial charge in [0.2, 0.25) is 0 Å². The van der Waals surface area contributed by atoms with E-state index in [1.54, 1.807) is 6.07 Å². The van der Waals surface area contributed by atoms with Crippen molar-refractivity contribution in [2.75, 3.05) is 13.2 Å². The van der Waals surface area contributed by atoms with Crippen molar-refractivity contribution < 1.29 is 9.53 Å². The highest BCUT2D eigenvalue weighted by Crippen LogP contribution is 2.23. The first kappa shape index (κ1) is 19.8. The summed E-state index contributed by atoms with van der Waals surface area (Å²) in [4.78, 5) is 12.4. The van der Waals surface area contributed by atoms with Crippen LogP contribution in [0.5, 0.6) is 5.75 Å². The van der Waals surface area contributed by atoms with E-state index in [2.05, 4.69) is 10.6 Å². The molecule has 0 saturated carbocycles. The van der Waals surface area contributed by atoms with Gasteiger partial charge in [-0.15, -0.1) is 0 Å². The van der Waals surface area contributed by atoms with Gasteiger partial charge in [-0.05, 0) is 29.7 Å². The SMILES string of the molecule is O=C(NCCCOc1ccccc1Cl)NC(c1ccccc1)c1ccccc1. The summed E-state index contributed by atoms with van der Waals surface area (Å²) in [6.45, 7) is 0.984. The highest BCUT2D eigenvalue weighted by molar-refractivity contribution is 6.32. The molecule has 0 fully saturated rings. The van der Waals surface area contributed by atoms with E-state index in [9.17, 15) is 4.79 Å². The number of ether oxygens (including phenoxy) is 1. The second kappa shape index (κ2) is 10.4. The molecule has 0 radical (unpaired) electrons. The number of urea groups is 1. The summed E-state index contributed by atoms with van der Waals surface area (Å²) >= 11 is 6.06. The van der Waals surface area contributed by atoms with E-state index in [1.165, 1.54) is 0 Å². The Labute approximate surface area is 170 Å². The molecule has 0 unspecified atom stereocenters. The summed E-state index contributed by atoms with van der Waals surface area (Å²) in [5.74, 6) is 0.654. The minimum Gasteiger partial charge on any atom is -0.492 e. The molecule has 28 heavy (non-hydrogen) atoms. The van der Waals surface area contributed by atoms with Crippen LogP contribution in [0.3, 0.4) is 0 Å². The largest absolute Gasteiger partial charge is 0.492 e. The van der Waals surface area contributed by atoms with Gasteiger partial charge in [0.05, 0.1) is 17.7 Å². The Morgan fingerprint density at radius 3 is 2.04 bits per heavy atom. The Bertz CT molecular complexity index is 833. The van der Waals surface area contributed by atoms with Crippen molar-refractivity contribution in [2.24, 2.45) is 0 Å². The second-order valence-corrected chi connectivity index (χ2v) is 6.69. The molecular weight excluding hydrogens is 372 g/mol. The molecule has 2 amide bonds. The van der Waals surface area contributed by atoms with Crippen molar-refractivity contribution in [3.05, 3.63) is 101 Å². The predicted molar refractivity (Wildman–Crippen MR) is 113 cm³/mol. The maximum Gasteiger partial charge on any atom is 0.315 e. The fourth-order valence-electron chi connectivity index (χ4n) is 2.85. The molecule has 3 aromatic carbocycles. The molecule has 3 rings (SSSR count). The molecule has 3 aromatic rings. The van der Waals surface area contributed by atoms with E-state index < -0.39 is 0 Å². The van der Waals surface area contributed by atoms with Crippen LogP contribution in [-0.2, 0) is 0 Å². The third-order valence-corrected chi connectivity index (χ3v) is 4.55. The van der Waals surface area contributed by atoms with Crippen LogP contribution in [0.15, 0.2) is 84.9 Å². The van der Waals surface area contributed by atoms with Gasteiger partial charge in [0.25, 0.3) is 0 Å². The molecule has 0 spiro atoms. The number of halogens is 1. The molecule has 0 bridgehead atoms. The van der Waals surface area contributed by atoms with E-state index >= 15 is 0 Å². The van der Waals surface area contributed by atoms with E-state index in [0.29, 0.717) is 30.3 Å². The zero-order valence-electron chi connectivity index (χ0n) is 15.5. The lowest BCUT2D eigenvalue weighted by atomic mass is 9.99. The standard InChI is InChI=1S/C23H23ClN2O2/c24-20-14-7-8-15-21(20)28-17-9-16-25-23(27)26-22(18-10-3-1-4-11-18)19-12-5-2-6-13-19/h1-8,10-15,22H,9,16-17H2,(H2,25,26,27). The van der Waals surface area contributed by atoms with Gasteiger partial charge >= 0.3 is 6.03 Å². The van der Waals surface area contributed by atoms with Gasteiger partial charge < -0.3 is 15.4 Å². The predicted octanol–water partition coefficient (Wildman–Crippen LogP) is 5.20. The highest BCUT2D eigenvalue weighted by Gasteiger charge is 2.16. The van der Waals surface area contributed by atoms with Gasteiger partial charge in [0.15, 0.2) is 0 Å². The Morgan fingerprint density at radius 2 is 1.43 bits per heavy atom. The number of hydrogen-bond acceptors (Lipinski definition) is 2. The van der Waals surface area contributed by atoms with E-state index in [0.717, 1.165) is 11.1 Å². The summed E-state index contributed by atoms with van der Waals surface area (Å²) in [7, 11) is 0. The third kappa shape index (κ3) is 5.76. The highest BCUT2D eigenvalue weighted by atomic mass is 35.5. The molecule has 0 aliphatic heterocycles. The van der Waals surface area contributed by atoms with Gasteiger partial charge in [-0.3, -0.25) is 0 Å². The molecule has 4 nitrogen and oxygen atoms in total. The van der Waals surface area contributed by atoms with E-state index in [1.807, 2.05) is 78.9 Å². The first-order chi connectivity index (χ1) is 13.7. The van der Waals surface area contributed by atoms with Crippen molar-refractivity contribution in [1.29, 1.82) is 0 Å². The van der Waals surface area contributed by atoms with E-state index in [4.69, 9.17) is 16.3 Å². The maximum atomic E-state index is 12.4. The number of para-hydroxylation sites is 1. The lowest BCUT2D eigenvalue weighted by Gasteiger charge is -2.20. The number of carbonyl (C=O) groups excluding carboxylic acids is 1. The van der Waals surface area contributed by atoms with Gasteiger partial charge in [-0.25, -0.2) is 4.79 Å². The van der Waals surface area contributed by atoms with Crippen LogP contribution in [0.2, 0.25) is 5.02 Å². The number of nitrogens with one attached hydrogen (secondary N) is 2. The smallest absolute Gasteiger partial charge is 0.315 e. The van der Waals surface area contributed by atoms with Crippen molar-refractivity contribution in [2.45, 2.75) is 12.5 Å². The molecule has 0 aromatic heterocycles. The van der Waals surface area contributed by atoms with Gasteiger partial charge in [-0.1, -0.05) is 84.4 Å². The van der Waals surface area contributed by atoms with Crippen LogP contribution in [0.4, 0.5) is 4.79 Å². The molecule has 0 atom stereocenters. The monoisotopic (exact) mass is 394 g/mol. The molecule has 0 aliphatic rings. The molecule has 144 valence electrons. The molecular formula is C23H23ClN2O2. The van der Waals surface area contributed by atoms with Crippen LogP contribution in [0.25, 0.3) is 0 Å². The first-order valence-corrected chi connectivity index (χ1v) is 9.63. The first-order valence-electron chi connectivity index (χ1n) is 9.25. The Kier molecular flexibility index (Phi) is 7.33. The van der Waals surface area contributed by atoms with Crippen molar-refractivity contribution >= 4 is 17.6 Å². The van der Waals surface area contributed by atoms with Crippen molar-refractivity contribution in [3.8, 4) is 5.75 Å². The fraction of sp³-hybridized carbons (Fsp3) is 0.174. The Morgan fingerprint density at radius 1 is 0.857 bits per heavy atom. The number of carbonyl (C=O) groups is 1. The normalized spacial score (nSPS) is 10.5. The lowest BCUT2D eigenvalue weighted by molar-refractivity contribution is 0.237. The number of amides is 2. The summed E-state index contributed by atoms with van der Waals surface area (Å²) in [5, 5.41) is 6.53. The van der Waals surface area contributed by atoms with Gasteiger partial charge in [0.1, 0.15) is 5.75 Å². The molecule has 5 heteroatoms. The molecule has 0 saturated heterocycles. The Balaban J connectivity index is 1.50. The van der Waals surface area contributed by atoms with Crippen LogP contribution >= 0.6 is 11.6 Å². The second-order valence-electron chi connectivity index (χ2n) is 6.29. The third-order valence-electron chi connectivity index (χ3n) is 4.24. The average Bonchev–Trinajstić information content (AvgIpc) is 2.74. The van der Waals surface area contributed by atoms with Crippen molar-refractivity contribution in [3.63, 3.8) is 0 Å². The summed E-state index contributed by atoms with van der Waals surface area (Å²) in [6, 6.07) is 26.8. The van der Waals surface area contributed by atoms with Crippen LogP contribution in [-0.4, -0.2) is 19.2 Å². The van der Waals surface area contributed by atoms with Gasteiger partial charge in [0, 0.05) is 6.54 Å². The van der Waals surface area contributed by atoms with Crippen LogP contribution < -0.4 is 15.4 Å². The summed E-state index contributed by atoms with van der Waals surface area (Å²) in [6.07, 6.45) is 0.681.